The fraction of sp³-hybridized carbons (Fsp3) is 0.235. The number of hydrogen-bond acceptors (Lipinski definition) is 3. The molecule has 0 bridgehead atoms. The number of carbonyl (C=O) groups excluding carboxylic acids is 1. The summed E-state index contributed by atoms with van der Waals surface area (Å²) in [6, 6.07) is 10.4. The van der Waals surface area contributed by atoms with Crippen LogP contribution < -0.4 is 9.47 Å². The van der Waals surface area contributed by atoms with Crippen molar-refractivity contribution in [1.82, 2.24) is 0 Å². The Bertz CT molecular complexity index is 676. The van der Waals surface area contributed by atoms with Gasteiger partial charge in [0.25, 0.3) is 0 Å². The summed E-state index contributed by atoms with van der Waals surface area (Å²) in [5.74, 6) is -0.146. The Labute approximate surface area is 131 Å². The van der Waals surface area contributed by atoms with Gasteiger partial charge in [0, 0.05) is 0 Å². The van der Waals surface area contributed by atoms with Crippen LogP contribution in [0.1, 0.15) is 29.8 Å². The standard InChI is InChI=1S/C17H15F3O3/c1-11(2)22-14-5-3-4-6-15(14)23-16(21)12-7-9-13(10-8-12)17(18,19)20/h3-11H,1-2H3. The number of benzene rings is 2. The highest BCUT2D eigenvalue weighted by Gasteiger charge is 2.30. The zero-order chi connectivity index (χ0) is 17.0. The molecular weight excluding hydrogens is 309 g/mol. The molecule has 0 fully saturated rings. The van der Waals surface area contributed by atoms with E-state index in [-0.39, 0.29) is 17.4 Å². The van der Waals surface area contributed by atoms with Crippen LogP contribution in [0.2, 0.25) is 0 Å². The summed E-state index contributed by atoms with van der Waals surface area (Å²) in [6.45, 7) is 3.66. The minimum absolute atomic E-state index is 0.0253. The fourth-order valence-corrected chi connectivity index (χ4v) is 1.84. The molecule has 2 rings (SSSR count). The largest absolute Gasteiger partial charge is 0.487 e. The summed E-state index contributed by atoms with van der Waals surface area (Å²) in [5.41, 5.74) is -0.796. The Morgan fingerprint density at radius 3 is 2.04 bits per heavy atom. The quantitative estimate of drug-likeness (QED) is 0.603. The summed E-state index contributed by atoms with van der Waals surface area (Å²) in [4.78, 5) is 12.1. The van der Waals surface area contributed by atoms with Crippen LogP contribution in [0.3, 0.4) is 0 Å². The summed E-state index contributed by atoms with van der Waals surface area (Å²) >= 11 is 0. The molecule has 6 heteroatoms. The lowest BCUT2D eigenvalue weighted by molar-refractivity contribution is -0.137. The Morgan fingerprint density at radius 1 is 0.957 bits per heavy atom. The molecule has 2 aromatic carbocycles. The van der Waals surface area contributed by atoms with Crippen molar-refractivity contribution in [2.75, 3.05) is 0 Å². The van der Waals surface area contributed by atoms with Gasteiger partial charge in [0.05, 0.1) is 17.2 Å². The van der Waals surface area contributed by atoms with Crippen molar-refractivity contribution in [2.24, 2.45) is 0 Å². The zero-order valence-electron chi connectivity index (χ0n) is 12.6. The summed E-state index contributed by atoms with van der Waals surface area (Å²) in [5, 5.41) is 0. The average Bonchev–Trinajstić information content (AvgIpc) is 2.48. The van der Waals surface area contributed by atoms with Crippen LogP contribution in [-0.4, -0.2) is 12.1 Å². The number of alkyl halides is 3. The van der Waals surface area contributed by atoms with E-state index in [1.54, 1.807) is 24.3 Å². The first-order valence-electron chi connectivity index (χ1n) is 6.92. The van der Waals surface area contributed by atoms with E-state index in [2.05, 4.69) is 0 Å². The molecule has 0 saturated carbocycles. The highest BCUT2D eigenvalue weighted by atomic mass is 19.4. The normalized spacial score (nSPS) is 11.4. The number of hydrogen-bond donors (Lipinski definition) is 0. The molecule has 0 aliphatic carbocycles. The van der Waals surface area contributed by atoms with Gasteiger partial charge < -0.3 is 9.47 Å². The van der Waals surface area contributed by atoms with E-state index >= 15 is 0 Å². The monoisotopic (exact) mass is 324 g/mol. The van der Waals surface area contributed by atoms with Gasteiger partial charge in [0.2, 0.25) is 0 Å². The number of para-hydroxylation sites is 2. The molecule has 0 saturated heterocycles. The third kappa shape index (κ3) is 4.48. The topological polar surface area (TPSA) is 35.5 Å². The van der Waals surface area contributed by atoms with Crippen LogP contribution in [0.25, 0.3) is 0 Å². The van der Waals surface area contributed by atoms with E-state index < -0.39 is 17.7 Å². The van der Waals surface area contributed by atoms with Crippen molar-refractivity contribution >= 4 is 5.97 Å². The van der Waals surface area contributed by atoms with Gasteiger partial charge in [-0.3, -0.25) is 0 Å². The van der Waals surface area contributed by atoms with Crippen LogP contribution in [0, 0.1) is 0 Å². The molecule has 0 spiro atoms. The molecule has 0 aromatic heterocycles. The second kappa shape index (κ2) is 6.73. The van der Waals surface area contributed by atoms with Crippen molar-refractivity contribution in [3.63, 3.8) is 0 Å². The van der Waals surface area contributed by atoms with Gasteiger partial charge in [0.1, 0.15) is 0 Å². The number of esters is 1. The molecule has 0 heterocycles. The maximum Gasteiger partial charge on any atom is 0.416 e. The summed E-state index contributed by atoms with van der Waals surface area (Å²) in [6.07, 6.45) is -4.55. The Hall–Kier alpha value is -2.50. The van der Waals surface area contributed by atoms with Gasteiger partial charge in [-0.1, -0.05) is 12.1 Å². The maximum atomic E-state index is 12.5. The predicted molar refractivity (Wildman–Crippen MR) is 78.6 cm³/mol. The minimum Gasteiger partial charge on any atom is -0.487 e. The molecule has 23 heavy (non-hydrogen) atoms. The molecule has 0 aliphatic heterocycles. The lowest BCUT2D eigenvalue weighted by Crippen LogP contribution is -2.12. The second-order valence-electron chi connectivity index (χ2n) is 5.08. The first-order chi connectivity index (χ1) is 10.8. The number of carbonyl (C=O) groups is 1. The van der Waals surface area contributed by atoms with Gasteiger partial charge >= 0.3 is 12.1 Å². The Balaban J connectivity index is 2.16. The molecule has 2 aromatic rings. The van der Waals surface area contributed by atoms with Gasteiger partial charge in [0.15, 0.2) is 11.5 Å². The minimum atomic E-state index is -4.44. The summed E-state index contributed by atoms with van der Waals surface area (Å²) < 4.78 is 48.3. The van der Waals surface area contributed by atoms with Crippen LogP contribution in [0.15, 0.2) is 48.5 Å². The van der Waals surface area contributed by atoms with E-state index in [1.165, 1.54) is 0 Å². The van der Waals surface area contributed by atoms with Crippen LogP contribution >= 0.6 is 0 Å². The van der Waals surface area contributed by atoms with Gasteiger partial charge in [-0.2, -0.15) is 13.2 Å². The van der Waals surface area contributed by atoms with Gasteiger partial charge in [-0.25, -0.2) is 4.79 Å². The highest BCUT2D eigenvalue weighted by Crippen LogP contribution is 2.30. The van der Waals surface area contributed by atoms with Crippen molar-refractivity contribution < 1.29 is 27.4 Å². The van der Waals surface area contributed by atoms with Crippen LogP contribution in [0.4, 0.5) is 13.2 Å². The molecule has 0 radical (unpaired) electrons. The number of rotatable bonds is 4. The third-order valence-corrected chi connectivity index (χ3v) is 2.86. The van der Waals surface area contributed by atoms with Crippen molar-refractivity contribution in [2.45, 2.75) is 26.1 Å². The number of halogens is 3. The highest BCUT2D eigenvalue weighted by molar-refractivity contribution is 5.91. The van der Waals surface area contributed by atoms with Crippen molar-refractivity contribution in [3.8, 4) is 11.5 Å². The summed E-state index contributed by atoms with van der Waals surface area (Å²) in [7, 11) is 0. The molecule has 0 unspecified atom stereocenters. The van der Waals surface area contributed by atoms with E-state index in [4.69, 9.17) is 9.47 Å². The average molecular weight is 324 g/mol. The molecule has 3 nitrogen and oxygen atoms in total. The zero-order valence-corrected chi connectivity index (χ0v) is 12.6. The maximum absolute atomic E-state index is 12.5. The Morgan fingerprint density at radius 2 is 1.52 bits per heavy atom. The van der Waals surface area contributed by atoms with Gasteiger partial charge in [-0.15, -0.1) is 0 Å². The Kier molecular flexibility index (Phi) is 4.93. The molecule has 122 valence electrons. The molecular formula is C17H15F3O3. The van der Waals surface area contributed by atoms with Crippen LogP contribution in [0.5, 0.6) is 11.5 Å². The van der Waals surface area contributed by atoms with Crippen molar-refractivity contribution in [1.29, 1.82) is 0 Å². The SMILES string of the molecule is CC(C)Oc1ccccc1OC(=O)c1ccc(C(F)(F)F)cc1. The lowest BCUT2D eigenvalue weighted by atomic mass is 10.1. The van der Waals surface area contributed by atoms with Crippen molar-refractivity contribution in [3.05, 3.63) is 59.7 Å². The molecule has 0 aliphatic rings. The lowest BCUT2D eigenvalue weighted by Gasteiger charge is -2.14. The smallest absolute Gasteiger partial charge is 0.416 e. The van der Waals surface area contributed by atoms with E-state index in [9.17, 15) is 18.0 Å². The third-order valence-electron chi connectivity index (χ3n) is 2.86. The first-order valence-corrected chi connectivity index (χ1v) is 6.92. The predicted octanol–water partition coefficient (Wildman–Crippen LogP) is 4.71. The van der Waals surface area contributed by atoms with Gasteiger partial charge in [-0.05, 0) is 50.2 Å². The molecule has 0 amide bonds. The van der Waals surface area contributed by atoms with Crippen LogP contribution in [-0.2, 0) is 6.18 Å². The second-order valence-corrected chi connectivity index (χ2v) is 5.08. The van der Waals surface area contributed by atoms with E-state index in [1.807, 2.05) is 13.8 Å². The molecule has 0 atom stereocenters. The van der Waals surface area contributed by atoms with E-state index in [0.717, 1.165) is 24.3 Å². The first kappa shape index (κ1) is 16.9. The number of ether oxygens (including phenoxy) is 2. The van der Waals surface area contributed by atoms with E-state index in [0.29, 0.717) is 5.75 Å². The molecule has 0 N–H and O–H groups in total. The fourth-order valence-electron chi connectivity index (χ4n) is 1.84.